The van der Waals surface area contributed by atoms with Crippen molar-refractivity contribution in [3.05, 3.63) is 84.4 Å². The molecule has 0 aliphatic carbocycles. The minimum absolute atomic E-state index is 0.0621. The molecule has 1 N–H and O–H groups in total. The van der Waals surface area contributed by atoms with Crippen LogP contribution in [0.3, 0.4) is 0 Å². The summed E-state index contributed by atoms with van der Waals surface area (Å²) in [5, 5.41) is 2.99. The van der Waals surface area contributed by atoms with Gasteiger partial charge in [-0.2, -0.15) is 0 Å². The summed E-state index contributed by atoms with van der Waals surface area (Å²) in [5.74, 6) is -0.0621. The molecule has 3 aromatic rings. The van der Waals surface area contributed by atoms with Crippen molar-refractivity contribution in [1.29, 1.82) is 0 Å². The van der Waals surface area contributed by atoms with Gasteiger partial charge in [-0.1, -0.05) is 48.5 Å². The average molecular weight is 275 g/mol. The summed E-state index contributed by atoms with van der Waals surface area (Å²) in [7, 11) is 0. The predicted molar refractivity (Wildman–Crippen MR) is 79.9 cm³/mol. The van der Waals surface area contributed by atoms with Crippen LogP contribution in [0.5, 0.6) is 0 Å². The smallest absolute Gasteiger partial charge is 0.260 e. The molecule has 21 heavy (non-hydrogen) atoms. The number of carbonyl (C=O) groups is 1. The Bertz CT molecular complexity index is 796. The molecular weight excluding hydrogens is 262 g/mol. The Kier molecular flexibility index (Phi) is 2.44. The Balaban J connectivity index is 2.09. The number of nitrogens with one attached hydrogen (secondary N) is 1. The van der Waals surface area contributed by atoms with Crippen molar-refractivity contribution < 1.29 is 4.79 Å². The van der Waals surface area contributed by atoms with Crippen LogP contribution in [0.15, 0.2) is 73.3 Å². The molecule has 1 aromatic heterocycles. The van der Waals surface area contributed by atoms with E-state index < -0.39 is 5.54 Å². The van der Waals surface area contributed by atoms with Gasteiger partial charge in [0.15, 0.2) is 5.54 Å². The van der Waals surface area contributed by atoms with E-state index in [0.717, 1.165) is 16.8 Å². The molecule has 0 fully saturated rings. The Labute approximate surface area is 122 Å². The summed E-state index contributed by atoms with van der Waals surface area (Å²) in [6.07, 6.45) is 5.21. The van der Waals surface area contributed by atoms with Gasteiger partial charge in [0.25, 0.3) is 5.91 Å². The van der Waals surface area contributed by atoms with Crippen molar-refractivity contribution in [3.63, 3.8) is 0 Å². The Morgan fingerprint density at radius 2 is 1.76 bits per heavy atom. The number of para-hydroxylation sites is 1. The molecule has 2 heterocycles. The minimum atomic E-state index is -0.894. The number of fused-ring (bicyclic) bond motifs is 1. The van der Waals surface area contributed by atoms with E-state index in [1.807, 2.05) is 65.4 Å². The highest BCUT2D eigenvalue weighted by Gasteiger charge is 2.49. The van der Waals surface area contributed by atoms with Gasteiger partial charge in [0.2, 0.25) is 0 Å². The Morgan fingerprint density at radius 1 is 1.00 bits per heavy atom. The first-order valence-electron chi connectivity index (χ1n) is 6.78. The molecule has 4 nitrogen and oxygen atoms in total. The second kappa shape index (κ2) is 4.31. The zero-order valence-corrected chi connectivity index (χ0v) is 11.2. The third-order valence-electron chi connectivity index (χ3n) is 3.98. The van der Waals surface area contributed by atoms with Crippen LogP contribution in [0.25, 0.3) is 0 Å². The van der Waals surface area contributed by atoms with Crippen LogP contribution in [-0.2, 0) is 10.3 Å². The summed E-state index contributed by atoms with van der Waals surface area (Å²) >= 11 is 0. The number of aromatic nitrogens is 2. The van der Waals surface area contributed by atoms with Crippen molar-refractivity contribution in [3.8, 4) is 0 Å². The molecule has 1 atom stereocenters. The van der Waals surface area contributed by atoms with E-state index in [-0.39, 0.29) is 5.91 Å². The lowest BCUT2D eigenvalue weighted by Gasteiger charge is -2.29. The van der Waals surface area contributed by atoms with Crippen molar-refractivity contribution in [2.24, 2.45) is 0 Å². The van der Waals surface area contributed by atoms with Crippen LogP contribution < -0.4 is 5.32 Å². The first-order chi connectivity index (χ1) is 10.3. The van der Waals surface area contributed by atoms with E-state index in [1.165, 1.54) is 0 Å². The number of rotatable bonds is 2. The molecule has 1 unspecified atom stereocenters. The van der Waals surface area contributed by atoms with Crippen molar-refractivity contribution in [2.45, 2.75) is 5.54 Å². The summed E-state index contributed by atoms with van der Waals surface area (Å²) in [4.78, 5) is 17.0. The van der Waals surface area contributed by atoms with Crippen LogP contribution in [0, 0.1) is 0 Å². The highest BCUT2D eigenvalue weighted by Crippen LogP contribution is 2.43. The highest BCUT2D eigenvalue weighted by atomic mass is 16.2. The lowest BCUT2D eigenvalue weighted by molar-refractivity contribution is -0.120. The first kappa shape index (κ1) is 11.9. The standard InChI is InChI=1S/C17H13N3O/c21-16-17(20-11-10-18-12-20,13-6-2-1-3-7-13)14-8-4-5-9-15(14)19-16/h1-12H,(H,19,21). The van der Waals surface area contributed by atoms with Crippen LogP contribution in [0.2, 0.25) is 0 Å². The molecular formula is C17H13N3O. The third kappa shape index (κ3) is 1.50. The topological polar surface area (TPSA) is 46.9 Å². The van der Waals surface area contributed by atoms with E-state index in [2.05, 4.69) is 10.3 Å². The fourth-order valence-corrected chi connectivity index (χ4v) is 3.07. The number of imidazole rings is 1. The molecule has 0 radical (unpaired) electrons. The maximum Gasteiger partial charge on any atom is 0.260 e. The number of amides is 1. The monoisotopic (exact) mass is 275 g/mol. The zero-order valence-electron chi connectivity index (χ0n) is 11.2. The molecule has 1 aliphatic rings. The number of anilines is 1. The van der Waals surface area contributed by atoms with Crippen molar-refractivity contribution in [2.75, 3.05) is 5.32 Å². The summed E-state index contributed by atoms with van der Waals surface area (Å²) in [6, 6.07) is 17.6. The Hall–Kier alpha value is -2.88. The van der Waals surface area contributed by atoms with Gasteiger partial charge in [0.05, 0.1) is 6.33 Å². The lowest BCUT2D eigenvalue weighted by atomic mass is 9.83. The van der Waals surface area contributed by atoms with Gasteiger partial charge in [0.1, 0.15) is 0 Å². The SMILES string of the molecule is O=C1Nc2ccccc2C1(c1ccccc1)n1ccnc1. The largest absolute Gasteiger partial charge is 0.323 e. The summed E-state index contributed by atoms with van der Waals surface area (Å²) in [5.41, 5.74) is 1.82. The van der Waals surface area contributed by atoms with Gasteiger partial charge in [-0.05, 0) is 11.6 Å². The van der Waals surface area contributed by atoms with E-state index in [0.29, 0.717) is 0 Å². The van der Waals surface area contributed by atoms with Crippen LogP contribution in [0.1, 0.15) is 11.1 Å². The second-order valence-electron chi connectivity index (χ2n) is 5.05. The lowest BCUT2D eigenvalue weighted by Crippen LogP contribution is -2.42. The van der Waals surface area contributed by atoms with E-state index in [1.54, 1.807) is 12.5 Å². The molecule has 1 amide bonds. The number of carbonyl (C=O) groups excluding carboxylic acids is 1. The summed E-state index contributed by atoms with van der Waals surface area (Å²) < 4.78 is 1.86. The molecule has 4 rings (SSSR count). The van der Waals surface area contributed by atoms with Crippen molar-refractivity contribution >= 4 is 11.6 Å². The van der Waals surface area contributed by atoms with Gasteiger partial charge in [0, 0.05) is 23.6 Å². The third-order valence-corrected chi connectivity index (χ3v) is 3.98. The fourth-order valence-electron chi connectivity index (χ4n) is 3.07. The second-order valence-corrected chi connectivity index (χ2v) is 5.05. The van der Waals surface area contributed by atoms with Crippen LogP contribution in [-0.4, -0.2) is 15.5 Å². The number of nitrogens with zero attached hydrogens (tertiary/aromatic N) is 2. The molecule has 0 saturated carbocycles. The quantitative estimate of drug-likeness (QED) is 0.781. The molecule has 0 spiro atoms. The predicted octanol–water partition coefficient (Wildman–Crippen LogP) is 2.63. The van der Waals surface area contributed by atoms with E-state index in [9.17, 15) is 4.79 Å². The zero-order chi connectivity index (χ0) is 14.3. The number of hydrogen-bond donors (Lipinski definition) is 1. The van der Waals surface area contributed by atoms with Gasteiger partial charge >= 0.3 is 0 Å². The molecule has 102 valence electrons. The first-order valence-corrected chi connectivity index (χ1v) is 6.78. The molecule has 1 aliphatic heterocycles. The molecule has 4 heteroatoms. The maximum absolute atomic E-state index is 12.9. The van der Waals surface area contributed by atoms with Gasteiger partial charge in [-0.3, -0.25) is 4.79 Å². The normalized spacial score (nSPS) is 20.1. The molecule has 2 aromatic carbocycles. The molecule has 0 bridgehead atoms. The number of hydrogen-bond acceptors (Lipinski definition) is 2. The van der Waals surface area contributed by atoms with Crippen LogP contribution in [0.4, 0.5) is 5.69 Å². The fraction of sp³-hybridized carbons (Fsp3) is 0.0588. The number of benzene rings is 2. The highest BCUT2D eigenvalue weighted by molar-refractivity contribution is 6.08. The average Bonchev–Trinajstić information content (AvgIpc) is 3.14. The van der Waals surface area contributed by atoms with E-state index in [4.69, 9.17) is 0 Å². The van der Waals surface area contributed by atoms with Gasteiger partial charge in [-0.15, -0.1) is 0 Å². The minimum Gasteiger partial charge on any atom is -0.323 e. The summed E-state index contributed by atoms with van der Waals surface area (Å²) in [6.45, 7) is 0. The van der Waals surface area contributed by atoms with Crippen molar-refractivity contribution in [1.82, 2.24) is 9.55 Å². The maximum atomic E-state index is 12.9. The molecule has 0 saturated heterocycles. The van der Waals surface area contributed by atoms with Gasteiger partial charge in [-0.25, -0.2) is 4.98 Å². The van der Waals surface area contributed by atoms with Crippen LogP contribution >= 0.6 is 0 Å². The van der Waals surface area contributed by atoms with E-state index >= 15 is 0 Å². The Morgan fingerprint density at radius 3 is 2.52 bits per heavy atom. The van der Waals surface area contributed by atoms with Gasteiger partial charge < -0.3 is 9.88 Å².